The highest BCUT2D eigenvalue weighted by atomic mass is 16.5. The van der Waals surface area contributed by atoms with Gasteiger partial charge in [-0.2, -0.15) is 5.10 Å². The topological polar surface area (TPSA) is 97.1 Å². The molecule has 1 fully saturated rings. The van der Waals surface area contributed by atoms with Crippen molar-refractivity contribution in [3.63, 3.8) is 0 Å². The summed E-state index contributed by atoms with van der Waals surface area (Å²) in [4.78, 5) is 18.4. The maximum absolute atomic E-state index is 12.4. The standard InChI is InChI=1S/C16H21N5O2/c1-23-14-4-2-11(8-18-14)3-5-15(22)21-7-6-12(10-21)16-13(17)9-19-20-16/h2,4,8-9,12H,3,5-7,10,17H2,1H3,(H,19,20). The molecule has 3 heterocycles. The normalized spacial score (nSPS) is 17.4. The molecule has 1 amide bonds. The minimum Gasteiger partial charge on any atom is -0.481 e. The van der Waals surface area contributed by atoms with E-state index in [1.807, 2.05) is 17.0 Å². The van der Waals surface area contributed by atoms with Crippen LogP contribution >= 0.6 is 0 Å². The highest BCUT2D eigenvalue weighted by Crippen LogP contribution is 2.29. The zero-order valence-corrected chi connectivity index (χ0v) is 13.2. The van der Waals surface area contributed by atoms with E-state index in [-0.39, 0.29) is 11.8 Å². The quantitative estimate of drug-likeness (QED) is 0.868. The zero-order valence-electron chi connectivity index (χ0n) is 13.2. The second-order valence-corrected chi connectivity index (χ2v) is 5.77. The molecule has 1 aliphatic rings. The number of nitrogens with two attached hydrogens (primary N) is 1. The van der Waals surface area contributed by atoms with Crippen LogP contribution in [0.3, 0.4) is 0 Å². The van der Waals surface area contributed by atoms with Gasteiger partial charge in [-0.25, -0.2) is 4.98 Å². The van der Waals surface area contributed by atoms with E-state index in [4.69, 9.17) is 10.5 Å². The summed E-state index contributed by atoms with van der Waals surface area (Å²) in [5.74, 6) is 1.00. The minimum absolute atomic E-state index is 0.168. The summed E-state index contributed by atoms with van der Waals surface area (Å²) in [5.41, 5.74) is 8.54. The molecule has 1 saturated heterocycles. The summed E-state index contributed by atoms with van der Waals surface area (Å²) < 4.78 is 5.03. The SMILES string of the molecule is COc1ccc(CCC(=O)N2CCC(c3[nH]ncc3N)C2)cn1. The van der Waals surface area contributed by atoms with Crippen LogP contribution in [0.15, 0.2) is 24.5 Å². The maximum atomic E-state index is 12.4. The molecule has 7 nitrogen and oxygen atoms in total. The van der Waals surface area contributed by atoms with Gasteiger partial charge in [-0.1, -0.05) is 6.07 Å². The number of hydrogen-bond acceptors (Lipinski definition) is 5. The third-order valence-electron chi connectivity index (χ3n) is 4.28. The maximum Gasteiger partial charge on any atom is 0.222 e. The molecule has 122 valence electrons. The fraction of sp³-hybridized carbons (Fsp3) is 0.438. The van der Waals surface area contributed by atoms with Gasteiger partial charge in [0, 0.05) is 37.7 Å². The highest BCUT2D eigenvalue weighted by Gasteiger charge is 2.29. The molecule has 1 unspecified atom stereocenters. The van der Waals surface area contributed by atoms with Gasteiger partial charge in [-0.3, -0.25) is 9.89 Å². The van der Waals surface area contributed by atoms with Gasteiger partial charge in [-0.15, -0.1) is 0 Å². The lowest BCUT2D eigenvalue weighted by atomic mass is 10.0. The van der Waals surface area contributed by atoms with Gasteiger partial charge in [0.15, 0.2) is 0 Å². The van der Waals surface area contributed by atoms with Gasteiger partial charge < -0.3 is 15.4 Å². The van der Waals surface area contributed by atoms with Crippen LogP contribution in [-0.2, 0) is 11.2 Å². The third kappa shape index (κ3) is 3.44. The number of aryl methyl sites for hydroxylation is 1. The molecule has 0 aliphatic carbocycles. The second-order valence-electron chi connectivity index (χ2n) is 5.77. The fourth-order valence-electron chi connectivity index (χ4n) is 2.94. The number of nitrogens with one attached hydrogen (secondary N) is 1. The number of carbonyl (C=O) groups excluding carboxylic acids is 1. The van der Waals surface area contributed by atoms with Crippen molar-refractivity contribution < 1.29 is 9.53 Å². The van der Waals surface area contributed by atoms with Crippen molar-refractivity contribution in [2.45, 2.75) is 25.2 Å². The summed E-state index contributed by atoms with van der Waals surface area (Å²) in [7, 11) is 1.59. The van der Waals surface area contributed by atoms with Crippen molar-refractivity contribution in [1.29, 1.82) is 0 Å². The number of hydrogen-bond donors (Lipinski definition) is 2. The molecule has 3 N–H and O–H groups in total. The van der Waals surface area contributed by atoms with Gasteiger partial charge >= 0.3 is 0 Å². The van der Waals surface area contributed by atoms with Crippen molar-refractivity contribution in [3.05, 3.63) is 35.8 Å². The van der Waals surface area contributed by atoms with Crippen LogP contribution in [0, 0.1) is 0 Å². The first-order valence-corrected chi connectivity index (χ1v) is 7.73. The first-order valence-electron chi connectivity index (χ1n) is 7.73. The van der Waals surface area contributed by atoms with E-state index >= 15 is 0 Å². The summed E-state index contributed by atoms with van der Waals surface area (Å²) in [6, 6.07) is 3.75. The smallest absolute Gasteiger partial charge is 0.222 e. The largest absolute Gasteiger partial charge is 0.481 e. The van der Waals surface area contributed by atoms with E-state index in [0.717, 1.165) is 24.2 Å². The number of amides is 1. The lowest BCUT2D eigenvalue weighted by Crippen LogP contribution is -2.28. The number of likely N-dealkylation sites (tertiary alicyclic amines) is 1. The Kier molecular flexibility index (Phi) is 4.45. The van der Waals surface area contributed by atoms with E-state index in [9.17, 15) is 4.79 Å². The molecule has 0 aromatic carbocycles. The monoisotopic (exact) mass is 315 g/mol. The van der Waals surface area contributed by atoms with Crippen LogP contribution in [0.2, 0.25) is 0 Å². The number of ether oxygens (including phenoxy) is 1. The number of anilines is 1. The molecule has 1 aliphatic heterocycles. The van der Waals surface area contributed by atoms with Crippen molar-refractivity contribution >= 4 is 11.6 Å². The molecule has 2 aromatic heterocycles. The van der Waals surface area contributed by atoms with E-state index in [0.29, 0.717) is 31.0 Å². The predicted molar refractivity (Wildman–Crippen MR) is 86.0 cm³/mol. The lowest BCUT2D eigenvalue weighted by molar-refractivity contribution is -0.130. The second kappa shape index (κ2) is 6.68. The van der Waals surface area contributed by atoms with Crippen molar-refractivity contribution in [1.82, 2.24) is 20.1 Å². The Bertz CT molecular complexity index is 667. The van der Waals surface area contributed by atoms with Crippen LogP contribution < -0.4 is 10.5 Å². The fourth-order valence-corrected chi connectivity index (χ4v) is 2.94. The number of aromatic nitrogens is 3. The van der Waals surface area contributed by atoms with E-state index in [1.54, 1.807) is 19.5 Å². The Morgan fingerprint density at radius 2 is 2.35 bits per heavy atom. The minimum atomic E-state index is 0.168. The Labute approximate surface area is 134 Å². The molecular weight excluding hydrogens is 294 g/mol. The van der Waals surface area contributed by atoms with Crippen molar-refractivity contribution in [3.8, 4) is 5.88 Å². The van der Waals surface area contributed by atoms with Crippen LogP contribution in [0.1, 0.15) is 30.0 Å². The molecule has 0 radical (unpaired) electrons. The average molecular weight is 315 g/mol. The number of H-pyrrole nitrogens is 1. The van der Waals surface area contributed by atoms with Gasteiger partial charge in [0.1, 0.15) is 0 Å². The zero-order chi connectivity index (χ0) is 16.2. The van der Waals surface area contributed by atoms with Crippen LogP contribution in [0.4, 0.5) is 5.69 Å². The first-order chi connectivity index (χ1) is 11.2. The number of rotatable bonds is 5. The predicted octanol–water partition coefficient (Wildman–Crippen LogP) is 1.34. The van der Waals surface area contributed by atoms with E-state index < -0.39 is 0 Å². The van der Waals surface area contributed by atoms with Crippen molar-refractivity contribution in [2.75, 3.05) is 25.9 Å². The summed E-state index contributed by atoms with van der Waals surface area (Å²) in [5, 5.41) is 6.90. The summed E-state index contributed by atoms with van der Waals surface area (Å²) in [6.07, 6.45) is 5.46. The van der Waals surface area contributed by atoms with E-state index in [1.165, 1.54) is 0 Å². The number of aromatic amines is 1. The van der Waals surface area contributed by atoms with Crippen molar-refractivity contribution in [2.24, 2.45) is 0 Å². The molecule has 0 spiro atoms. The average Bonchev–Trinajstić information content (AvgIpc) is 3.21. The number of carbonyl (C=O) groups is 1. The summed E-state index contributed by atoms with van der Waals surface area (Å²) >= 11 is 0. The first kappa shape index (κ1) is 15.3. The Hall–Kier alpha value is -2.57. The van der Waals surface area contributed by atoms with Gasteiger partial charge in [-0.05, 0) is 18.4 Å². The number of nitrogen functional groups attached to an aromatic ring is 1. The lowest BCUT2D eigenvalue weighted by Gasteiger charge is -2.16. The van der Waals surface area contributed by atoms with Crippen LogP contribution in [0.25, 0.3) is 0 Å². The van der Waals surface area contributed by atoms with Gasteiger partial charge in [0.25, 0.3) is 0 Å². The molecule has 23 heavy (non-hydrogen) atoms. The molecule has 2 aromatic rings. The van der Waals surface area contributed by atoms with Gasteiger partial charge in [0.05, 0.1) is 24.7 Å². The Balaban J connectivity index is 1.52. The summed E-state index contributed by atoms with van der Waals surface area (Å²) in [6.45, 7) is 1.47. The van der Waals surface area contributed by atoms with Crippen LogP contribution in [-0.4, -0.2) is 46.2 Å². The molecule has 1 atom stereocenters. The number of pyridine rings is 1. The molecule has 0 bridgehead atoms. The molecular formula is C16H21N5O2. The highest BCUT2D eigenvalue weighted by molar-refractivity contribution is 5.77. The van der Waals surface area contributed by atoms with Crippen LogP contribution in [0.5, 0.6) is 5.88 Å². The Morgan fingerprint density at radius 3 is 3.00 bits per heavy atom. The molecule has 0 saturated carbocycles. The molecule has 7 heteroatoms. The molecule has 3 rings (SSSR count). The number of nitrogens with zero attached hydrogens (tertiary/aromatic N) is 3. The number of methoxy groups -OCH3 is 1. The Morgan fingerprint density at radius 1 is 1.48 bits per heavy atom. The van der Waals surface area contributed by atoms with Gasteiger partial charge in [0.2, 0.25) is 11.8 Å². The van der Waals surface area contributed by atoms with E-state index in [2.05, 4.69) is 15.2 Å². The third-order valence-corrected chi connectivity index (χ3v) is 4.28.